The third-order valence-corrected chi connectivity index (χ3v) is 2.26. The molecule has 0 aliphatic carbocycles. The van der Waals surface area contributed by atoms with E-state index < -0.39 is 18.6 Å². The molecule has 0 aromatic heterocycles. The van der Waals surface area contributed by atoms with Gasteiger partial charge in [-0.15, -0.1) is 0 Å². The third-order valence-electron chi connectivity index (χ3n) is 2.26. The second-order valence-corrected chi connectivity index (χ2v) is 4.65. The Morgan fingerprint density at radius 3 is 2.44 bits per heavy atom. The summed E-state index contributed by atoms with van der Waals surface area (Å²) in [6, 6.07) is 0. The quantitative estimate of drug-likeness (QED) is 0.690. The second-order valence-electron chi connectivity index (χ2n) is 4.65. The molecule has 0 spiro atoms. The molecule has 0 aromatic carbocycles. The fourth-order valence-electron chi connectivity index (χ4n) is 1.41. The minimum Gasteiger partial charge on any atom is -0.355 e. The van der Waals surface area contributed by atoms with Crippen LogP contribution in [0.1, 0.15) is 20.3 Å². The lowest BCUT2D eigenvalue weighted by atomic mass is 10.1. The minimum atomic E-state index is -4.31. The maximum absolute atomic E-state index is 12.2. The third kappa shape index (κ3) is 10.3. The lowest BCUT2D eigenvalue weighted by molar-refractivity contribution is -0.148. The number of carbonyl (C=O) groups is 1. The summed E-state index contributed by atoms with van der Waals surface area (Å²) >= 11 is 0. The van der Waals surface area contributed by atoms with Crippen molar-refractivity contribution in [1.29, 1.82) is 0 Å². The number of rotatable bonds is 8. The number of alkyl halides is 3. The van der Waals surface area contributed by atoms with E-state index in [2.05, 4.69) is 5.32 Å². The van der Waals surface area contributed by atoms with E-state index >= 15 is 0 Å². The van der Waals surface area contributed by atoms with Crippen molar-refractivity contribution in [1.82, 2.24) is 10.2 Å². The van der Waals surface area contributed by atoms with Crippen LogP contribution in [0, 0.1) is 5.92 Å². The molecule has 0 radical (unpaired) electrons. The molecule has 1 amide bonds. The van der Waals surface area contributed by atoms with Gasteiger partial charge >= 0.3 is 6.18 Å². The minimum absolute atomic E-state index is 0.0527. The molecule has 0 bridgehead atoms. The average molecular weight is 269 g/mol. The molecule has 0 saturated carbocycles. The van der Waals surface area contributed by atoms with Crippen LogP contribution in [0.3, 0.4) is 0 Å². The summed E-state index contributed by atoms with van der Waals surface area (Å²) in [6.07, 6.45) is -3.50. The number of nitrogens with zero attached hydrogens (tertiary/aromatic N) is 1. The SMILES string of the molecule is CC(C)CCNC(=O)CN(CCN)CC(F)(F)F. The van der Waals surface area contributed by atoms with Gasteiger partial charge < -0.3 is 11.1 Å². The highest BCUT2D eigenvalue weighted by Gasteiger charge is 2.31. The summed E-state index contributed by atoms with van der Waals surface area (Å²) < 4.78 is 36.7. The Morgan fingerprint density at radius 2 is 2.00 bits per heavy atom. The van der Waals surface area contributed by atoms with E-state index in [-0.39, 0.29) is 19.6 Å². The molecule has 0 unspecified atom stereocenters. The van der Waals surface area contributed by atoms with Crippen molar-refractivity contribution in [2.45, 2.75) is 26.4 Å². The smallest absolute Gasteiger partial charge is 0.355 e. The fourth-order valence-corrected chi connectivity index (χ4v) is 1.41. The molecular weight excluding hydrogens is 247 g/mol. The Morgan fingerprint density at radius 1 is 1.39 bits per heavy atom. The van der Waals surface area contributed by atoms with Crippen LogP contribution < -0.4 is 11.1 Å². The lowest BCUT2D eigenvalue weighted by Gasteiger charge is -2.22. The molecule has 108 valence electrons. The van der Waals surface area contributed by atoms with Crippen LogP contribution in [0.5, 0.6) is 0 Å². The van der Waals surface area contributed by atoms with Crippen molar-refractivity contribution in [3.8, 4) is 0 Å². The maximum atomic E-state index is 12.2. The predicted octanol–water partition coefficient (Wildman–Crippen LogP) is 0.972. The maximum Gasteiger partial charge on any atom is 0.401 e. The van der Waals surface area contributed by atoms with Gasteiger partial charge in [-0.05, 0) is 12.3 Å². The molecule has 0 saturated heterocycles. The summed E-state index contributed by atoms with van der Waals surface area (Å²) in [4.78, 5) is 12.4. The zero-order chi connectivity index (χ0) is 14.2. The van der Waals surface area contributed by atoms with Crippen molar-refractivity contribution in [2.75, 3.05) is 32.7 Å². The molecule has 18 heavy (non-hydrogen) atoms. The van der Waals surface area contributed by atoms with E-state index in [9.17, 15) is 18.0 Å². The number of hydrogen-bond acceptors (Lipinski definition) is 3. The van der Waals surface area contributed by atoms with Crippen LogP contribution >= 0.6 is 0 Å². The second kappa shape index (κ2) is 8.31. The molecule has 0 aliphatic rings. The number of nitrogens with two attached hydrogens (primary N) is 1. The first-order chi connectivity index (χ1) is 8.24. The first kappa shape index (κ1) is 17.2. The summed E-state index contributed by atoms with van der Waals surface area (Å²) in [5.74, 6) is 0.0500. The molecule has 0 aromatic rings. The highest BCUT2D eigenvalue weighted by Crippen LogP contribution is 2.15. The Hall–Kier alpha value is -0.820. The Labute approximate surface area is 106 Å². The van der Waals surface area contributed by atoms with Crippen molar-refractivity contribution in [2.24, 2.45) is 11.7 Å². The van der Waals surface area contributed by atoms with E-state index in [1.165, 1.54) is 0 Å². The molecule has 7 heteroatoms. The number of carbonyl (C=O) groups excluding carboxylic acids is 1. The molecule has 0 atom stereocenters. The van der Waals surface area contributed by atoms with E-state index in [0.717, 1.165) is 11.3 Å². The van der Waals surface area contributed by atoms with Crippen molar-refractivity contribution >= 4 is 5.91 Å². The molecule has 4 nitrogen and oxygen atoms in total. The van der Waals surface area contributed by atoms with Crippen molar-refractivity contribution < 1.29 is 18.0 Å². The lowest BCUT2D eigenvalue weighted by Crippen LogP contribution is -2.44. The summed E-state index contributed by atoms with van der Waals surface area (Å²) in [6.45, 7) is 3.27. The van der Waals surface area contributed by atoms with Gasteiger partial charge in [0.05, 0.1) is 13.1 Å². The number of halogens is 3. The predicted molar refractivity (Wildman–Crippen MR) is 64.0 cm³/mol. The van der Waals surface area contributed by atoms with Crippen LogP contribution in [0.4, 0.5) is 13.2 Å². The van der Waals surface area contributed by atoms with E-state index in [1.807, 2.05) is 13.8 Å². The molecule has 0 aliphatic heterocycles. The van der Waals surface area contributed by atoms with Crippen LogP contribution in [-0.4, -0.2) is 49.7 Å². The summed E-state index contributed by atoms with van der Waals surface area (Å²) in [5, 5.41) is 2.60. The zero-order valence-electron chi connectivity index (χ0n) is 10.9. The first-order valence-electron chi connectivity index (χ1n) is 6.00. The van der Waals surface area contributed by atoms with Crippen LogP contribution in [0.15, 0.2) is 0 Å². The topological polar surface area (TPSA) is 58.4 Å². The van der Waals surface area contributed by atoms with Crippen LogP contribution in [0.2, 0.25) is 0 Å². The highest BCUT2D eigenvalue weighted by molar-refractivity contribution is 5.77. The van der Waals surface area contributed by atoms with Crippen LogP contribution in [-0.2, 0) is 4.79 Å². The first-order valence-corrected chi connectivity index (χ1v) is 6.00. The van der Waals surface area contributed by atoms with Gasteiger partial charge in [-0.1, -0.05) is 13.8 Å². The molecule has 0 fully saturated rings. The van der Waals surface area contributed by atoms with Gasteiger partial charge in [-0.25, -0.2) is 0 Å². The van der Waals surface area contributed by atoms with E-state index in [4.69, 9.17) is 5.73 Å². The molecular formula is C11H22F3N3O. The number of hydrogen-bond donors (Lipinski definition) is 2. The van der Waals surface area contributed by atoms with E-state index in [1.54, 1.807) is 0 Å². The summed E-state index contributed by atoms with van der Waals surface area (Å²) in [7, 11) is 0. The zero-order valence-corrected chi connectivity index (χ0v) is 10.9. The number of amides is 1. The largest absolute Gasteiger partial charge is 0.401 e. The monoisotopic (exact) mass is 269 g/mol. The average Bonchev–Trinajstić information content (AvgIpc) is 2.14. The molecule has 3 N–H and O–H groups in total. The van der Waals surface area contributed by atoms with Crippen LogP contribution in [0.25, 0.3) is 0 Å². The van der Waals surface area contributed by atoms with Gasteiger partial charge in [-0.3, -0.25) is 9.69 Å². The standard InChI is InChI=1S/C11H22F3N3O/c1-9(2)3-5-16-10(18)7-17(6-4-15)8-11(12,13)14/h9H,3-8,15H2,1-2H3,(H,16,18). The van der Waals surface area contributed by atoms with E-state index in [0.29, 0.717) is 12.5 Å². The van der Waals surface area contributed by atoms with Crippen molar-refractivity contribution in [3.63, 3.8) is 0 Å². The molecule has 0 rings (SSSR count). The summed E-state index contributed by atoms with van der Waals surface area (Å²) in [5.41, 5.74) is 5.22. The number of nitrogens with one attached hydrogen (secondary N) is 1. The Bertz CT molecular complexity index is 244. The highest BCUT2D eigenvalue weighted by atomic mass is 19.4. The van der Waals surface area contributed by atoms with Gasteiger partial charge in [0, 0.05) is 19.6 Å². The molecule has 0 heterocycles. The normalized spacial score (nSPS) is 12.2. The van der Waals surface area contributed by atoms with Gasteiger partial charge in [0.25, 0.3) is 0 Å². The van der Waals surface area contributed by atoms with Crippen molar-refractivity contribution in [3.05, 3.63) is 0 Å². The Kier molecular flexibility index (Phi) is 7.93. The van der Waals surface area contributed by atoms with Gasteiger partial charge in [-0.2, -0.15) is 13.2 Å². The fraction of sp³-hybridized carbons (Fsp3) is 0.909. The van der Waals surface area contributed by atoms with Gasteiger partial charge in [0.2, 0.25) is 5.91 Å². The Balaban J connectivity index is 4.03. The van der Waals surface area contributed by atoms with Gasteiger partial charge in [0.15, 0.2) is 0 Å². The van der Waals surface area contributed by atoms with Gasteiger partial charge in [0.1, 0.15) is 0 Å².